The minimum absolute atomic E-state index is 0.109. The van der Waals surface area contributed by atoms with Crippen molar-refractivity contribution in [2.45, 2.75) is 346 Å². The van der Waals surface area contributed by atoms with Gasteiger partial charge in [0.25, 0.3) is 0 Å². The number of rotatable bonds is 61. The maximum Gasteiger partial charge on any atom is 0.306 e. The molecule has 1 amide bonds. The highest BCUT2D eigenvalue weighted by atomic mass is 16.7. The van der Waals surface area contributed by atoms with E-state index in [9.17, 15) is 35.1 Å². The van der Waals surface area contributed by atoms with Crippen LogP contribution in [-0.2, 0) is 23.8 Å². The van der Waals surface area contributed by atoms with Gasteiger partial charge in [0, 0.05) is 6.42 Å². The average molecular weight is 1240 g/mol. The number of aliphatic hydroxyl groups is 5. The van der Waals surface area contributed by atoms with Crippen molar-refractivity contribution in [2.24, 2.45) is 0 Å². The lowest BCUT2D eigenvalue weighted by Crippen LogP contribution is -2.61. The number of ether oxygens (including phenoxy) is 3. The molecule has 0 aromatic carbocycles. The highest BCUT2D eigenvalue weighted by Gasteiger charge is 2.47. The van der Waals surface area contributed by atoms with Crippen LogP contribution in [0.1, 0.15) is 297 Å². The van der Waals surface area contributed by atoms with E-state index >= 15 is 0 Å². The smallest absolute Gasteiger partial charge is 0.306 e. The Morgan fingerprint density at radius 2 is 0.809 bits per heavy atom. The third-order valence-corrected chi connectivity index (χ3v) is 16.3. The maximum absolute atomic E-state index is 13.5. The van der Waals surface area contributed by atoms with Crippen molar-refractivity contribution in [1.29, 1.82) is 0 Å². The van der Waals surface area contributed by atoms with E-state index in [1.165, 1.54) is 109 Å². The number of carbonyl (C=O) groups excluding carboxylic acids is 2. The second-order valence-corrected chi connectivity index (χ2v) is 24.6. The van der Waals surface area contributed by atoms with Crippen LogP contribution in [0.4, 0.5) is 0 Å². The molecule has 8 unspecified atom stereocenters. The van der Waals surface area contributed by atoms with Gasteiger partial charge >= 0.3 is 5.97 Å². The van der Waals surface area contributed by atoms with Gasteiger partial charge in [0.2, 0.25) is 5.91 Å². The van der Waals surface area contributed by atoms with Crippen LogP contribution < -0.4 is 5.32 Å². The summed E-state index contributed by atoms with van der Waals surface area (Å²) < 4.78 is 17.7. The Balaban J connectivity index is 2.60. The first-order valence-electron chi connectivity index (χ1n) is 36.3. The largest absolute Gasteiger partial charge is 0.454 e. The molecule has 1 aliphatic rings. The van der Waals surface area contributed by atoms with E-state index in [1.807, 2.05) is 6.08 Å². The van der Waals surface area contributed by atoms with Crippen LogP contribution in [-0.4, -0.2) is 99.6 Å². The van der Waals surface area contributed by atoms with Crippen molar-refractivity contribution >= 4 is 11.9 Å². The van der Waals surface area contributed by atoms with Gasteiger partial charge in [-0.05, 0) is 116 Å². The first-order valence-corrected chi connectivity index (χ1v) is 36.3. The fraction of sp³-hybridized carbons (Fsp3) is 0.718. The molecule has 0 bridgehead atoms. The van der Waals surface area contributed by atoms with Gasteiger partial charge in [-0.25, -0.2) is 0 Å². The number of amides is 1. The zero-order valence-corrected chi connectivity index (χ0v) is 56.8. The van der Waals surface area contributed by atoms with E-state index in [4.69, 9.17) is 14.2 Å². The van der Waals surface area contributed by atoms with Crippen LogP contribution in [0.5, 0.6) is 0 Å². The topological polar surface area (TPSA) is 175 Å². The molecule has 1 heterocycles. The Kier molecular flexibility index (Phi) is 59.9. The molecule has 89 heavy (non-hydrogen) atoms. The van der Waals surface area contributed by atoms with Crippen LogP contribution in [0.15, 0.2) is 122 Å². The Hall–Kier alpha value is -3.94. The molecule has 0 aromatic rings. The summed E-state index contributed by atoms with van der Waals surface area (Å²) in [6.45, 7) is 5.66. The van der Waals surface area contributed by atoms with Crippen molar-refractivity contribution < 1.29 is 49.3 Å². The zero-order valence-electron chi connectivity index (χ0n) is 56.8. The van der Waals surface area contributed by atoms with Crippen LogP contribution in [0.25, 0.3) is 0 Å². The molecule has 0 saturated carbocycles. The monoisotopic (exact) mass is 1240 g/mol. The number of carbonyl (C=O) groups is 2. The second-order valence-electron chi connectivity index (χ2n) is 24.6. The molecule has 1 saturated heterocycles. The number of unbranched alkanes of at least 4 members (excludes halogenated alkanes) is 29. The first kappa shape index (κ1) is 83.1. The molecule has 8 atom stereocenters. The van der Waals surface area contributed by atoms with Crippen LogP contribution >= 0.6 is 0 Å². The Bertz CT molecular complexity index is 1920. The summed E-state index contributed by atoms with van der Waals surface area (Å²) in [6.07, 6.45) is 79.4. The van der Waals surface area contributed by atoms with E-state index in [-0.39, 0.29) is 19.4 Å². The molecule has 0 radical (unpaired) electrons. The SMILES string of the molecule is CC/C=C\C/C=C\C/C=C\C/C=C\C/C=C\CCCCCCCCC(O)C(=O)NC(COC1OC(CO)C(O)C(O)C1OC(=O)CCCCCCCCCCC/C=C\C/C=C\C/C=C\C/C=C\CCCCC)C(O)/C=C/CCCCCCCCCCCCC. The number of esters is 1. The lowest BCUT2D eigenvalue weighted by Gasteiger charge is -2.41. The minimum Gasteiger partial charge on any atom is -0.454 e. The summed E-state index contributed by atoms with van der Waals surface area (Å²) in [4.78, 5) is 26.7. The standard InChI is InChI=1S/C78H133NO10/c1-4-7-10-13-16-19-22-25-27-29-31-33-35-36-37-39-41-43-45-48-51-54-57-60-63-66-73(83)89-76-75(85)74(84)72(67-80)88-78(76)87-68-69(70(81)64-61-58-55-52-49-46-24-21-18-15-12-9-6-3)79-77(86)71(82)65-62-59-56-53-50-47-44-42-40-38-34-32-30-28-26-23-20-17-14-11-8-5-2/h8,11,16-17,19-20,25-28,31-34,36-37,40,42,61,64,69-72,74-76,78,80-82,84-85H,4-7,9-10,12-15,18,21-24,29-30,35,38-39,41,43-60,62-63,65-68H2,1-3H3,(H,79,86)/b11-8-,19-16-,20-17-,27-25-,28-26-,33-31-,34-32-,37-36-,42-40-,64-61+. The summed E-state index contributed by atoms with van der Waals surface area (Å²) in [5.74, 6) is -1.21. The van der Waals surface area contributed by atoms with Crippen molar-refractivity contribution in [3.8, 4) is 0 Å². The van der Waals surface area contributed by atoms with Gasteiger partial charge in [0.15, 0.2) is 12.4 Å². The third-order valence-electron chi connectivity index (χ3n) is 16.3. The molecule has 11 nitrogen and oxygen atoms in total. The molecule has 510 valence electrons. The highest BCUT2D eigenvalue weighted by molar-refractivity contribution is 5.80. The van der Waals surface area contributed by atoms with Gasteiger partial charge in [-0.3, -0.25) is 9.59 Å². The van der Waals surface area contributed by atoms with Crippen LogP contribution in [0.2, 0.25) is 0 Å². The predicted molar refractivity (Wildman–Crippen MR) is 374 cm³/mol. The number of hydrogen-bond donors (Lipinski definition) is 6. The highest BCUT2D eigenvalue weighted by Crippen LogP contribution is 2.26. The zero-order chi connectivity index (χ0) is 64.6. The molecule has 1 fully saturated rings. The number of aliphatic hydroxyl groups excluding tert-OH is 5. The van der Waals surface area contributed by atoms with Gasteiger partial charge in [-0.2, -0.15) is 0 Å². The van der Waals surface area contributed by atoms with E-state index in [2.05, 4.69) is 135 Å². The quantitative estimate of drug-likeness (QED) is 0.0195. The minimum atomic E-state index is -1.63. The summed E-state index contributed by atoms with van der Waals surface area (Å²) in [5, 5.41) is 57.3. The second kappa shape index (κ2) is 64.2. The predicted octanol–water partition coefficient (Wildman–Crippen LogP) is 19.0. The van der Waals surface area contributed by atoms with Gasteiger partial charge in [0.1, 0.15) is 24.4 Å². The lowest BCUT2D eigenvalue weighted by molar-refractivity contribution is -0.305. The van der Waals surface area contributed by atoms with Crippen molar-refractivity contribution in [3.63, 3.8) is 0 Å². The fourth-order valence-corrected chi connectivity index (χ4v) is 10.7. The van der Waals surface area contributed by atoms with Gasteiger partial charge in [-0.1, -0.05) is 296 Å². The molecule has 0 aromatic heterocycles. The summed E-state index contributed by atoms with van der Waals surface area (Å²) in [5.41, 5.74) is 0. The molecule has 0 spiro atoms. The molecular formula is C78H133NO10. The lowest BCUT2D eigenvalue weighted by atomic mass is 9.99. The van der Waals surface area contributed by atoms with Gasteiger partial charge < -0.3 is 45.1 Å². The summed E-state index contributed by atoms with van der Waals surface area (Å²) in [6, 6.07) is -1.04. The van der Waals surface area contributed by atoms with Crippen molar-refractivity contribution in [1.82, 2.24) is 5.32 Å². The number of allylic oxidation sites excluding steroid dienone is 19. The molecule has 0 aliphatic carbocycles. The number of nitrogens with one attached hydrogen (secondary N) is 1. The average Bonchev–Trinajstić information content (AvgIpc) is 3.11. The fourth-order valence-electron chi connectivity index (χ4n) is 10.7. The van der Waals surface area contributed by atoms with Gasteiger partial charge in [0.05, 0.1) is 25.4 Å². The molecule has 11 heteroatoms. The molecule has 1 rings (SSSR count). The Labute approximate surface area is 544 Å². The molecule has 6 N–H and O–H groups in total. The van der Waals surface area contributed by atoms with E-state index in [1.54, 1.807) is 6.08 Å². The summed E-state index contributed by atoms with van der Waals surface area (Å²) in [7, 11) is 0. The van der Waals surface area contributed by atoms with Gasteiger partial charge in [-0.15, -0.1) is 0 Å². The van der Waals surface area contributed by atoms with Crippen LogP contribution in [0.3, 0.4) is 0 Å². The Morgan fingerprint density at radius 1 is 0.449 bits per heavy atom. The normalized spacial score (nSPS) is 18.9. The third kappa shape index (κ3) is 51.3. The molecular weight excluding hydrogens is 1110 g/mol. The maximum atomic E-state index is 13.5. The van der Waals surface area contributed by atoms with E-state index in [0.29, 0.717) is 12.8 Å². The Morgan fingerprint density at radius 3 is 1.24 bits per heavy atom. The van der Waals surface area contributed by atoms with Crippen molar-refractivity contribution in [3.05, 3.63) is 122 Å². The first-order chi connectivity index (χ1) is 43.7. The van der Waals surface area contributed by atoms with E-state index < -0.39 is 67.4 Å². The van der Waals surface area contributed by atoms with Crippen molar-refractivity contribution in [2.75, 3.05) is 13.2 Å². The summed E-state index contributed by atoms with van der Waals surface area (Å²) >= 11 is 0. The van der Waals surface area contributed by atoms with Crippen LogP contribution in [0, 0.1) is 0 Å². The molecule has 1 aliphatic heterocycles. The number of hydrogen-bond acceptors (Lipinski definition) is 10. The van der Waals surface area contributed by atoms with E-state index in [0.717, 1.165) is 141 Å².